The van der Waals surface area contributed by atoms with Gasteiger partial charge in [0.25, 0.3) is 0 Å². The monoisotopic (exact) mass is 339 g/mol. The molecule has 1 aromatic carbocycles. The number of benzene rings is 1. The van der Waals surface area contributed by atoms with Crippen molar-refractivity contribution in [2.24, 2.45) is 0 Å². The van der Waals surface area contributed by atoms with Gasteiger partial charge in [-0.05, 0) is 49.7 Å². The van der Waals surface area contributed by atoms with E-state index in [2.05, 4.69) is 10.4 Å². The lowest BCUT2D eigenvalue weighted by molar-refractivity contribution is -0.121. The Morgan fingerprint density at radius 2 is 2.04 bits per heavy atom. The Morgan fingerprint density at radius 1 is 1.28 bits per heavy atom. The molecule has 130 valence electrons. The molecule has 1 unspecified atom stereocenters. The van der Waals surface area contributed by atoms with E-state index in [-0.39, 0.29) is 18.9 Å². The van der Waals surface area contributed by atoms with Gasteiger partial charge < -0.3 is 14.8 Å². The van der Waals surface area contributed by atoms with Gasteiger partial charge in [-0.2, -0.15) is 5.10 Å². The van der Waals surface area contributed by atoms with Crippen LogP contribution in [-0.2, 0) is 16.8 Å². The number of rotatable bonds is 6. The molecule has 0 saturated carbocycles. The van der Waals surface area contributed by atoms with Crippen LogP contribution in [0.5, 0.6) is 0 Å². The quantitative estimate of drug-likeness (QED) is 0.722. The fourth-order valence-corrected chi connectivity index (χ4v) is 2.52. The highest BCUT2D eigenvalue weighted by Gasteiger charge is 2.27. The summed E-state index contributed by atoms with van der Waals surface area (Å²) in [6.07, 6.45) is 3.82. The molecule has 0 aliphatic heterocycles. The van der Waals surface area contributed by atoms with Crippen molar-refractivity contribution in [1.29, 1.82) is 0 Å². The van der Waals surface area contributed by atoms with E-state index in [4.69, 9.17) is 4.42 Å². The van der Waals surface area contributed by atoms with Gasteiger partial charge >= 0.3 is 0 Å². The number of aryl methyl sites for hydroxylation is 1. The van der Waals surface area contributed by atoms with Crippen molar-refractivity contribution in [3.8, 4) is 5.69 Å². The van der Waals surface area contributed by atoms with Crippen LogP contribution in [0.4, 0.5) is 0 Å². The molecule has 2 N–H and O–H groups in total. The van der Waals surface area contributed by atoms with E-state index in [1.165, 1.54) is 0 Å². The third kappa shape index (κ3) is 4.16. The smallest absolute Gasteiger partial charge is 0.224 e. The molecule has 3 rings (SSSR count). The lowest BCUT2D eigenvalue weighted by atomic mass is 10.0. The number of carbonyl (C=O) groups excluding carboxylic acids is 1. The van der Waals surface area contributed by atoms with Crippen molar-refractivity contribution in [2.45, 2.75) is 25.9 Å². The van der Waals surface area contributed by atoms with Crippen LogP contribution in [0.25, 0.3) is 5.69 Å². The summed E-state index contributed by atoms with van der Waals surface area (Å²) in [5.41, 5.74) is 0.584. The van der Waals surface area contributed by atoms with Gasteiger partial charge in [0.05, 0.1) is 18.7 Å². The number of furan rings is 1. The Hall–Kier alpha value is -2.86. The zero-order chi connectivity index (χ0) is 17.9. The Kier molecular flexibility index (Phi) is 4.72. The number of nitrogens with zero attached hydrogens (tertiary/aromatic N) is 2. The summed E-state index contributed by atoms with van der Waals surface area (Å²) in [7, 11) is 0. The minimum atomic E-state index is -1.24. The van der Waals surface area contributed by atoms with Gasteiger partial charge in [0.2, 0.25) is 5.91 Å². The van der Waals surface area contributed by atoms with E-state index in [1.54, 1.807) is 29.9 Å². The fraction of sp³-hybridized carbons (Fsp3) is 0.263. The summed E-state index contributed by atoms with van der Waals surface area (Å²) in [6, 6.07) is 13.0. The third-order valence-electron chi connectivity index (χ3n) is 3.97. The predicted octanol–water partition coefficient (Wildman–Crippen LogP) is 2.34. The second-order valence-corrected chi connectivity index (χ2v) is 6.25. The Labute approximate surface area is 146 Å². The summed E-state index contributed by atoms with van der Waals surface area (Å²) in [6.45, 7) is 3.51. The lowest BCUT2D eigenvalue weighted by Gasteiger charge is -2.21. The van der Waals surface area contributed by atoms with E-state index >= 15 is 0 Å². The van der Waals surface area contributed by atoms with Gasteiger partial charge in [0.1, 0.15) is 17.1 Å². The summed E-state index contributed by atoms with van der Waals surface area (Å²) >= 11 is 0. The second-order valence-electron chi connectivity index (χ2n) is 6.25. The first-order valence-corrected chi connectivity index (χ1v) is 8.09. The van der Waals surface area contributed by atoms with Gasteiger partial charge in [0, 0.05) is 12.4 Å². The first-order valence-electron chi connectivity index (χ1n) is 8.09. The number of aromatic nitrogens is 2. The van der Waals surface area contributed by atoms with Gasteiger partial charge in [-0.1, -0.05) is 12.1 Å². The van der Waals surface area contributed by atoms with Crippen LogP contribution in [0.2, 0.25) is 0 Å². The number of aliphatic hydroxyl groups is 1. The molecule has 0 radical (unpaired) electrons. The minimum Gasteiger partial charge on any atom is -0.463 e. The molecule has 0 aliphatic rings. The molecule has 3 aromatic rings. The van der Waals surface area contributed by atoms with E-state index < -0.39 is 5.60 Å². The maximum absolute atomic E-state index is 12.1. The molecular formula is C19H21N3O3. The number of nitrogens with one attached hydrogen (secondary N) is 1. The summed E-state index contributed by atoms with van der Waals surface area (Å²) in [4.78, 5) is 12.1. The van der Waals surface area contributed by atoms with Crippen LogP contribution >= 0.6 is 0 Å². The topological polar surface area (TPSA) is 80.3 Å². The van der Waals surface area contributed by atoms with Crippen molar-refractivity contribution in [3.63, 3.8) is 0 Å². The maximum atomic E-state index is 12.1. The molecule has 1 amide bonds. The number of amides is 1. The normalized spacial score (nSPS) is 13.4. The van der Waals surface area contributed by atoms with Gasteiger partial charge in [0.15, 0.2) is 0 Å². The summed E-state index contributed by atoms with van der Waals surface area (Å²) < 4.78 is 7.19. The first kappa shape index (κ1) is 17.0. The standard InChI is InChI=1S/C19H21N3O3/c1-14-4-9-17(25-14)19(2,24)13-20-18(23)12-15-5-7-16(8-6-15)22-11-3-10-21-22/h3-11,24H,12-13H2,1-2H3,(H,20,23). The van der Waals surface area contributed by atoms with Gasteiger partial charge in [-0.3, -0.25) is 4.79 Å². The van der Waals surface area contributed by atoms with Gasteiger partial charge in [-0.25, -0.2) is 4.68 Å². The fourth-order valence-electron chi connectivity index (χ4n) is 2.52. The molecule has 2 heterocycles. The number of carbonyl (C=O) groups is 1. The molecule has 6 nitrogen and oxygen atoms in total. The van der Waals surface area contributed by atoms with E-state index in [9.17, 15) is 9.90 Å². The van der Waals surface area contributed by atoms with Crippen LogP contribution in [0.1, 0.15) is 24.0 Å². The lowest BCUT2D eigenvalue weighted by Crippen LogP contribution is -2.39. The Morgan fingerprint density at radius 3 is 2.64 bits per heavy atom. The SMILES string of the molecule is Cc1ccc(C(C)(O)CNC(=O)Cc2ccc(-n3cccn3)cc2)o1. The summed E-state index contributed by atoms with van der Waals surface area (Å²) in [5.74, 6) is 1.00. The van der Waals surface area contributed by atoms with Crippen LogP contribution in [0.3, 0.4) is 0 Å². The van der Waals surface area contributed by atoms with Crippen LogP contribution < -0.4 is 5.32 Å². The molecule has 0 aliphatic carbocycles. The third-order valence-corrected chi connectivity index (χ3v) is 3.97. The molecule has 25 heavy (non-hydrogen) atoms. The largest absolute Gasteiger partial charge is 0.463 e. The average molecular weight is 339 g/mol. The maximum Gasteiger partial charge on any atom is 0.224 e. The minimum absolute atomic E-state index is 0.0875. The average Bonchev–Trinajstić information content (AvgIpc) is 3.26. The van der Waals surface area contributed by atoms with E-state index in [0.717, 1.165) is 17.0 Å². The van der Waals surface area contributed by atoms with Crippen molar-refractivity contribution in [2.75, 3.05) is 6.54 Å². The Balaban J connectivity index is 1.55. The van der Waals surface area contributed by atoms with Crippen molar-refractivity contribution in [3.05, 3.63) is 71.9 Å². The van der Waals surface area contributed by atoms with E-state index in [0.29, 0.717) is 5.76 Å². The number of hydrogen-bond acceptors (Lipinski definition) is 4. The highest BCUT2D eigenvalue weighted by Crippen LogP contribution is 2.22. The molecule has 1 atom stereocenters. The molecule has 6 heteroatoms. The molecule has 0 spiro atoms. The highest BCUT2D eigenvalue weighted by molar-refractivity contribution is 5.78. The highest BCUT2D eigenvalue weighted by atomic mass is 16.4. The second kappa shape index (κ2) is 6.94. The molecular weight excluding hydrogens is 318 g/mol. The molecule has 0 saturated heterocycles. The van der Waals surface area contributed by atoms with Crippen molar-refractivity contribution >= 4 is 5.91 Å². The Bertz CT molecular complexity index is 833. The van der Waals surface area contributed by atoms with Gasteiger partial charge in [-0.15, -0.1) is 0 Å². The van der Waals surface area contributed by atoms with Crippen LogP contribution in [-0.4, -0.2) is 27.3 Å². The molecule has 0 bridgehead atoms. The van der Waals surface area contributed by atoms with Crippen LogP contribution in [0, 0.1) is 6.92 Å². The predicted molar refractivity (Wildman–Crippen MR) is 93.3 cm³/mol. The van der Waals surface area contributed by atoms with Crippen LogP contribution in [0.15, 0.2) is 59.3 Å². The number of hydrogen-bond donors (Lipinski definition) is 2. The molecule has 0 fully saturated rings. The molecule has 2 aromatic heterocycles. The zero-order valence-electron chi connectivity index (χ0n) is 14.3. The van der Waals surface area contributed by atoms with Crippen molar-refractivity contribution in [1.82, 2.24) is 15.1 Å². The van der Waals surface area contributed by atoms with E-state index in [1.807, 2.05) is 43.5 Å². The first-order chi connectivity index (χ1) is 11.9. The summed E-state index contributed by atoms with van der Waals surface area (Å²) in [5, 5.41) is 17.4. The van der Waals surface area contributed by atoms with Crippen molar-refractivity contribution < 1.29 is 14.3 Å². The zero-order valence-corrected chi connectivity index (χ0v) is 14.3.